The molecule has 2 aliphatic rings. The first-order valence-corrected chi connectivity index (χ1v) is 9.34. The molecule has 1 saturated heterocycles. The number of hydrogen-bond acceptors (Lipinski definition) is 7. The molecule has 2 aliphatic heterocycles. The van der Waals surface area contributed by atoms with Crippen LogP contribution in [-0.2, 0) is 11.3 Å². The summed E-state index contributed by atoms with van der Waals surface area (Å²) in [5.74, 6) is 1.81. The highest BCUT2D eigenvalue weighted by molar-refractivity contribution is 5.95. The van der Waals surface area contributed by atoms with Crippen molar-refractivity contribution in [3.8, 4) is 11.5 Å². The fourth-order valence-corrected chi connectivity index (χ4v) is 3.33. The van der Waals surface area contributed by atoms with Crippen LogP contribution in [0.25, 0.3) is 0 Å². The maximum absolute atomic E-state index is 12.2. The normalized spacial score (nSPS) is 16.9. The van der Waals surface area contributed by atoms with Gasteiger partial charge < -0.3 is 19.2 Å². The Morgan fingerprint density at radius 1 is 0.964 bits per heavy atom. The average Bonchev–Trinajstić information content (AvgIpc) is 3.39. The van der Waals surface area contributed by atoms with Gasteiger partial charge in [-0.1, -0.05) is 6.07 Å². The largest absolute Gasteiger partial charge is 0.461 e. The minimum atomic E-state index is -0.0159. The highest BCUT2D eigenvalue weighted by atomic mass is 16.7. The van der Waals surface area contributed by atoms with Crippen LogP contribution < -0.4 is 14.8 Å². The summed E-state index contributed by atoms with van der Waals surface area (Å²) in [5.41, 5.74) is 0.971. The molecule has 0 spiro atoms. The van der Waals surface area contributed by atoms with Crippen LogP contribution in [-0.4, -0.2) is 67.6 Å². The highest BCUT2D eigenvalue weighted by Gasteiger charge is 2.22. The third-order valence-corrected chi connectivity index (χ3v) is 4.92. The smallest absolute Gasteiger partial charge is 0.234 e. The highest BCUT2D eigenvalue weighted by Crippen LogP contribution is 2.32. The summed E-state index contributed by atoms with van der Waals surface area (Å²) in [6, 6.07) is 9.06. The number of carbonyl (C=O) groups is 2. The zero-order chi connectivity index (χ0) is 19.3. The summed E-state index contributed by atoms with van der Waals surface area (Å²) < 4.78 is 15.8. The van der Waals surface area contributed by atoms with Crippen molar-refractivity contribution >= 4 is 11.7 Å². The van der Waals surface area contributed by atoms with Crippen molar-refractivity contribution in [1.29, 1.82) is 0 Å². The van der Waals surface area contributed by atoms with E-state index in [9.17, 15) is 9.59 Å². The van der Waals surface area contributed by atoms with E-state index in [-0.39, 0.29) is 18.5 Å². The van der Waals surface area contributed by atoms with E-state index < -0.39 is 0 Å². The Kier molecular flexibility index (Phi) is 5.59. The van der Waals surface area contributed by atoms with E-state index in [1.165, 1.54) is 6.26 Å². The topological polar surface area (TPSA) is 84.3 Å². The van der Waals surface area contributed by atoms with Crippen LogP contribution in [0.4, 0.5) is 0 Å². The number of amides is 1. The zero-order valence-corrected chi connectivity index (χ0v) is 15.6. The molecule has 0 unspecified atom stereocenters. The van der Waals surface area contributed by atoms with Crippen LogP contribution >= 0.6 is 0 Å². The number of ketones is 1. The molecule has 3 heterocycles. The molecule has 0 atom stereocenters. The summed E-state index contributed by atoms with van der Waals surface area (Å²) in [7, 11) is 0. The molecule has 1 N–H and O–H groups in total. The summed E-state index contributed by atoms with van der Waals surface area (Å²) in [6.45, 7) is 4.40. The molecule has 1 amide bonds. The van der Waals surface area contributed by atoms with Crippen LogP contribution in [0.3, 0.4) is 0 Å². The first kappa shape index (κ1) is 18.5. The molecular weight excluding hydrogens is 362 g/mol. The van der Waals surface area contributed by atoms with Gasteiger partial charge in [-0.2, -0.15) is 0 Å². The molecule has 0 saturated carbocycles. The molecule has 8 nitrogen and oxygen atoms in total. The number of furan rings is 1. The number of carbonyl (C=O) groups excluding carboxylic acids is 2. The standard InChI is InChI=1S/C20H23N3O5/c24-16(17-2-1-9-26-17)12-22-5-7-23(8-6-22)13-20(25)21-11-15-3-4-18-19(10-15)28-14-27-18/h1-4,9-10H,5-8,11-14H2,(H,21,25). The molecule has 4 rings (SSSR count). The van der Waals surface area contributed by atoms with Crippen molar-refractivity contribution in [3.63, 3.8) is 0 Å². The van der Waals surface area contributed by atoms with E-state index in [0.29, 0.717) is 31.1 Å². The van der Waals surface area contributed by atoms with Gasteiger partial charge in [-0.05, 0) is 29.8 Å². The van der Waals surface area contributed by atoms with Gasteiger partial charge in [-0.3, -0.25) is 19.4 Å². The van der Waals surface area contributed by atoms with Crippen molar-refractivity contribution in [2.24, 2.45) is 0 Å². The Morgan fingerprint density at radius 2 is 1.71 bits per heavy atom. The maximum atomic E-state index is 12.2. The Hall–Kier alpha value is -2.84. The number of benzene rings is 1. The van der Waals surface area contributed by atoms with Gasteiger partial charge in [0, 0.05) is 32.7 Å². The molecule has 2 aromatic rings. The number of piperazine rings is 1. The average molecular weight is 385 g/mol. The van der Waals surface area contributed by atoms with E-state index >= 15 is 0 Å². The number of hydrogen-bond donors (Lipinski definition) is 1. The summed E-state index contributed by atoms with van der Waals surface area (Å²) in [5, 5.41) is 2.94. The van der Waals surface area contributed by atoms with E-state index in [0.717, 1.165) is 37.5 Å². The molecule has 0 bridgehead atoms. The first-order chi connectivity index (χ1) is 13.7. The lowest BCUT2D eigenvalue weighted by Crippen LogP contribution is -2.50. The second-order valence-corrected chi connectivity index (χ2v) is 6.92. The Morgan fingerprint density at radius 3 is 2.46 bits per heavy atom. The summed E-state index contributed by atoms with van der Waals surface area (Å²) in [6.07, 6.45) is 1.51. The van der Waals surface area contributed by atoms with Crippen LogP contribution in [0, 0.1) is 0 Å². The third-order valence-electron chi connectivity index (χ3n) is 4.92. The molecule has 1 aromatic carbocycles. The van der Waals surface area contributed by atoms with E-state index in [1.807, 2.05) is 18.2 Å². The maximum Gasteiger partial charge on any atom is 0.234 e. The lowest BCUT2D eigenvalue weighted by Gasteiger charge is -2.33. The first-order valence-electron chi connectivity index (χ1n) is 9.34. The molecule has 0 radical (unpaired) electrons. The quantitative estimate of drug-likeness (QED) is 0.715. The number of fused-ring (bicyclic) bond motifs is 1. The van der Waals surface area contributed by atoms with Gasteiger partial charge in [0.05, 0.1) is 19.4 Å². The molecular formula is C20H23N3O5. The van der Waals surface area contributed by atoms with Gasteiger partial charge in [0.15, 0.2) is 17.3 Å². The monoisotopic (exact) mass is 385 g/mol. The van der Waals surface area contributed by atoms with Crippen molar-refractivity contribution in [2.75, 3.05) is 46.1 Å². The third kappa shape index (κ3) is 4.52. The van der Waals surface area contributed by atoms with Gasteiger partial charge in [-0.15, -0.1) is 0 Å². The molecule has 28 heavy (non-hydrogen) atoms. The van der Waals surface area contributed by atoms with Gasteiger partial charge in [0.25, 0.3) is 0 Å². The summed E-state index contributed by atoms with van der Waals surface area (Å²) >= 11 is 0. The minimum absolute atomic E-state index is 0.0140. The van der Waals surface area contributed by atoms with Gasteiger partial charge >= 0.3 is 0 Å². The minimum Gasteiger partial charge on any atom is -0.461 e. The predicted molar refractivity (Wildman–Crippen MR) is 100 cm³/mol. The Balaban J connectivity index is 1.17. The zero-order valence-electron chi connectivity index (χ0n) is 15.6. The molecule has 148 valence electrons. The predicted octanol–water partition coefficient (Wildman–Crippen LogP) is 1.12. The van der Waals surface area contributed by atoms with Gasteiger partial charge in [-0.25, -0.2) is 0 Å². The molecule has 8 heteroatoms. The Labute approximate surface area is 163 Å². The van der Waals surface area contributed by atoms with Crippen LogP contribution in [0.1, 0.15) is 16.1 Å². The molecule has 1 fully saturated rings. The second-order valence-electron chi connectivity index (χ2n) is 6.92. The SMILES string of the molecule is O=C(CN1CCN(CC(=O)c2ccco2)CC1)NCc1ccc2c(c1)OCO2. The van der Waals surface area contributed by atoms with Gasteiger partial charge in [0.2, 0.25) is 18.5 Å². The van der Waals surface area contributed by atoms with E-state index in [1.54, 1.807) is 12.1 Å². The van der Waals surface area contributed by atoms with Crippen molar-refractivity contribution in [2.45, 2.75) is 6.54 Å². The lowest BCUT2D eigenvalue weighted by molar-refractivity contribution is -0.122. The molecule has 1 aromatic heterocycles. The number of ether oxygens (including phenoxy) is 2. The van der Waals surface area contributed by atoms with Crippen LogP contribution in [0.15, 0.2) is 41.0 Å². The fraction of sp³-hybridized carbons (Fsp3) is 0.400. The van der Waals surface area contributed by atoms with Crippen LogP contribution in [0.2, 0.25) is 0 Å². The van der Waals surface area contributed by atoms with Crippen LogP contribution in [0.5, 0.6) is 11.5 Å². The second kappa shape index (κ2) is 8.45. The molecule has 0 aliphatic carbocycles. The number of nitrogens with zero attached hydrogens (tertiary/aromatic N) is 2. The van der Waals surface area contributed by atoms with E-state index in [4.69, 9.17) is 13.9 Å². The number of rotatable bonds is 7. The van der Waals surface area contributed by atoms with E-state index in [2.05, 4.69) is 15.1 Å². The number of nitrogens with one attached hydrogen (secondary N) is 1. The number of Topliss-reactive ketones (excluding diaryl/α,β-unsaturated/α-hetero) is 1. The van der Waals surface area contributed by atoms with Crippen molar-refractivity contribution < 1.29 is 23.5 Å². The van der Waals surface area contributed by atoms with Crippen molar-refractivity contribution in [1.82, 2.24) is 15.1 Å². The van der Waals surface area contributed by atoms with Crippen molar-refractivity contribution in [3.05, 3.63) is 47.9 Å². The Bertz CT molecular complexity index is 828. The lowest BCUT2D eigenvalue weighted by atomic mass is 10.2. The van der Waals surface area contributed by atoms with Gasteiger partial charge in [0.1, 0.15) is 0 Å². The summed E-state index contributed by atoms with van der Waals surface area (Å²) in [4.78, 5) is 28.5. The fourth-order valence-electron chi connectivity index (χ4n) is 3.33.